The molecule has 0 radical (unpaired) electrons. The van der Waals surface area contributed by atoms with E-state index in [9.17, 15) is 4.79 Å². The first-order valence-electron chi connectivity index (χ1n) is 5.97. The van der Waals surface area contributed by atoms with Crippen LogP contribution in [0.3, 0.4) is 0 Å². The quantitative estimate of drug-likeness (QED) is 0.747. The molecule has 0 atom stereocenters. The molecule has 0 saturated carbocycles. The molecule has 3 rings (SSSR count). The predicted octanol–water partition coefficient (Wildman–Crippen LogP) is 3.49. The molecule has 0 aliphatic carbocycles. The number of halogens is 1. The highest BCUT2D eigenvalue weighted by Gasteiger charge is 2.12. The van der Waals surface area contributed by atoms with Crippen LogP contribution < -0.4 is 5.32 Å². The molecule has 0 bridgehead atoms. The summed E-state index contributed by atoms with van der Waals surface area (Å²) in [5.74, 6) is 0. The lowest BCUT2D eigenvalue weighted by Crippen LogP contribution is -2.13. The third-order valence-electron chi connectivity index (χ3n) is 2.57. The first kappa shape index (κ1) is 13.7. The van der Waals surface area contributed by atoms with E-state index in [4.69, 9.17) is 16.3 Å². The zero-order chi connectivity index (χ0) is 14.7. The molecule has 3 aromatic rings. The summed E-state index contributed by atoms with van der Waals surface area (Å²) in [6.45, 7) is 0.193. The van der Waals surface area contributed by atoms with E-state index in [2.05, 4.69) is 20.3 Å². The number of anilines is 1. The van der Waals surface area contributed by atoms with Gasteiger partial charge in [-0.1, -0.05) is 53.3 Å². The second-order valence-corrected chi connectivity index (χ2v) is 5.36. The van der Waals surface area contributed by atoms with Crippen LogP contribution in [0.5, 0.6) is 0 Å². The van der Waals surface area contributed by atoms with E-state index < -0.39 is 6.09 Å². The van der Waals surface area contributed by atoms with Crippen LogP contribution in [0.2, 0.25) is 5.15 Å². The Hall–Kier alpha value is -2.25. The summed E-state index contributed by atoms with van der Waals surface area (Å²) in [5, 5.41) is 3.17. The van der Waals surface area contributed by atoms with Crippen molar-refractivity contribution in [3.05, 3.63) is 47.4 Å². The lowest BCUT2D eigenvalue weighted by Gasteiger charge is -2.04. The van der Waals surface area contributed by atoms with E-state index in [1.165, 1.54) is 17.7 Å². The molecule has 0 unspecified atom stereocenters. The number of hydrogen-bond donors (Lipinski definition) is 1. The number of aromatic nitrogens is 3. The first-order chi connectivity index (χ1) is 10.2. The predicted molar refractivity (Wildman–Crippen MR) is 80.5 cm³/mol. The first-order valence-corrected chi connectivity index (χ1v) is 7.16. The molecule has 2 aromatic heterocycles. The Kier molecular flexibility index (Phi) is 3.94. The molecule has 6 nitrogen and oxygen atoms in total. The Labute approximate surface area is 128 Å². The van der Waals surface area contributed by atoms with Gasteiger partial charge in [-0.3, -0.25) is 5.32 Å². The topological polar surface area (TPSA) is 77.0 Å². The van der Waals surface area contributed by atoms with Crippen LogP contribution in [0.15, 0.2) is 36.7 Å². The Morgan fingerprint density at radius 2 is 2.10 bits per heavy atom. The fourth-order valence-corrected chi connectivity index (χ4v) is 2.65. The molecule has 2 heterocycles. The minimum Gasteiger partial charge on any atom is -0.444 e. The molecule has 106 valence electrons. The molecule has 0 spiro atoms. The fourth-order valence-electron chi connectivity index (χ4n) is 1.63. The standard InChI is InChI=1S/C13H9ClN4O2S/c14-10-9-11(16-7-15-10)21-12(17-9)18-13(19)20-6-8-4-2-1-3-5-8/h1-5,7H,6H2,(H,17,18,19). The minimum atomic E-state index is -0.581. The van der Waals surface area contributed by atoms with Gasteiger partial charge in [-0.25, -0.2) is 19.7 Å². The van der Waals surface area contributed by atoms with Crippen molar-refractivity contribution in [2.75, 3.05) is 5.32 Å². The molecular weight excluding hydrogens is 312 g/mol. The van der Waals surface area contributed by atoms with Crippen molar-refractivity contribution in [1.29, 1.82) is 0 Å². The maximum absolute atomic E-state index is 11.7. The van der Waals surface area contributed by atoms with E-state index in [-0.39, 0.29) is 11.8 Å². The monoisotopic (exact) mass is 320 g/mol. The maximum Gasteiger partial charge on any atom is 0.413 e. The van der Waals surface area contributed by atoms with Gasteiger partial charge in [-0.15, -0.1) is 0 Å². The summed E-state index contributed by atoms with van der Waals surface area (Å²) >= 11 is 7.10. The zero-order valence-corrected chi connectivity index (χ0v) is 12.2. The summed E-state index contributed by atoms with van der Waals surface area (Å²) in [6, 6.07) is 9.41. The van der Waals surface area contributed by atoms with Crippen LogP contribution in [0.25, 0.3) is 10.3 Å². The SMILES string of the molecule is O=C(Nc1nc2c(Cl)ncnc2s1)OCc1ccccc1. The van der Waals surface area contributed by atoms with Crippen molar-refractivity contribution in [3.63, 3.8) is 0 Å². The van der Waals surface area contributed by atoms with Gasteiger partial charge in [0.15, 0.2) is 10.3 Å². The van der Waals surface area contributed by atoms with Gasteiger partial charge >= 0.3 is 6.09 Å². The molecule has 1 amide bonds. The van der Waals surface area contributed by atoms with Gasteiger partial charge < -0.3 is 4.74 Å². The number of carbonyl (C=O) groups excluding carboxylic acids is 1. The zero-order valence-electron chi connectivity index (χ0n) is 10.6. The molecule has 0 fully saturated rings. The van der Waals surface area contributed by atoms with Crippen molar-refractivity contribution in [3.8, 4) is 0 Å². The van der Waals surface area contributed by atoms with Gasteiger partial charge in [0.05, 0.1) is 0 Å². The van der Waals surface area contributed by atoms with E-state index in [0.717, 1.165) is 5.56 Å². The van der Waals surface area contributed by atoms with Gasteiger partial charge in [0.25, 0.3) is 0 Å². The van der Waals surface area contributed by atoms with E-state index in [1.807, 2.05) is 30.3 Å². The van der Waals surface area contributed by atoms with Gasteiger partial charge in [0.2, 0.25) is 0 Å². The number of amides is 1. The van der Waals surface area contributed by atoms with E-state index in [1.54, 1.807) is 0 Å². The van der Waals surface area contributed by atoms with Crippen molar-refractivity contribution in [2.45, 2.75) is 6.61 Å². The van der Waals surface area contributed by atoms with Gasteiger partial charge in [0.1, 0.15) is 23.3 Å². The third kappa shape index (κ3) is 3.26. The van der Waals surface area contributed by atoms with E-state index >= 15 is 0 Å². The summed E-state index contributed by atoms with van der Waals surface area (Å²) in [5.41, 5.74) is 1.37. The van der Waals surface area contributed by atoms with Crippen molar-refractivity contribution < 1.29 is 9.53 Å². The highest BCUT2D eigenvalue weighted by molar-refractivity contribution is 7.22. The molecule has 21 heavy (non-hydrogen) atoms. The number of rotatable bonds is 3. The number of ether oxygens (including phenoxy) is 1. The fraction of sp³-hybridized carbons (Fsp3) is 0.0769. The van der Waals surface area contributed by atoms with Gasteiger partial charge in [0, 0.05) is 0 Å². The number of fused-ring (bicyclic) bond motifs is 1. The number of nitrogens with zero attached hydrogens (tertiary/aromatic N) is 3. The van der Waals surface area contributed by atoms with Crippen LogP contribution in [0.4, 0.5) is 9.93 Å². The number of benzene rings is 1. The second-order valence-electron chi connectivity index (χ2n) is 4.02. The summed E-state index contributed by atoms with van der Waals surface area (Å²) in [7, 11) is 0. The van der Waals surface area contributed by atoms with Crippen LogP contribution >= 0.6 is 22.9 Å². The van der Waals surface area contributed by atoms with E-state index in [0.29, 0.717) is 15.5 Å². The lowest BCUT2D eigenvalue weighted by atomic mass is 10.2. The minimum absolute atomic E-state index is 0.193. The summed E-state index contributed by atoms with van der Waals surface area (Å²) in [4.78, 5) is 24.3. The number of carbonyl (C=O) groups is 1. The van der Waals surface area contributed by atoms with Gasteiger partial charge in [-0.05, 0) is 5.56 Å². The van der Waals surface area contributed by atoms with Crippen molar-refractivity contribution in [2.24, 2.45) is 0 Å². The number of thiazole rings is 1. The van der Waals surface area contributed by atoms with Crippen molar-refractivity contribution >= 4 is 44.5 Å². The molecule has 1 N–H and O–H groups in total. The molecular formula is C13H9ClN4O2S. The Morgan fingerprint density at radius 3 is 2.86 bits per heavy atom. The number of nitrogens with one attached hydrogen (secondary N) is 1. The van der Waals surface area contributed by atoms with Crippen LogP contribution in [-0.4, -0.2) is 21.0 Å². The van der Waals surface area contributed by atoms with Crippen LogP contribution in [0, 0.1) is 0 Å². The maximum atomic E-state index is 11.7. The molecule has 0 saturated heterocycles. The largest absolute Gasteiger partial charge is 0.444 e. The normalized spacial score (nSPS) is 10.5. The average molecular weight is 321 g/mol. The summed E-state index contributed by atoms with van der Waals surface area (Å²) < 4.78 is 5.11. The Bertz CT molecular complexity index is 778. The molecule has 1 aromatic carbocycles. The third-order valence-corrected chi connectivity index (χ3v) is 3.73. The average Bonchev–Trinajstić information content (AvgIpc) is 2.90. The molecule has 0 aliphatic rings. The second kappa shape index (κ2) is 6.02. The Balaban J connectivity index is 1.65. The van der Waals surface area contributed by atoms with Crippen molar-refractivity contribution in [1.82, 2.24) is 15.0 Å². The summed E-state index contributed by atoms with van der Waals surface area (Å²) in [6.07, 6.45) is 0.766. The Morgan fingerprint density at radius 1 is 1.29 bits per heavy atom. The molecule has 0 aliphatic heterocycles. The number of hydrogen-bond acceptors (Lipinski definition) is 6. The van der Waals surface area contributed by atoms with Gasteiger partial charge in [-0.2, -0.15) is 0 Å². The lowest BCUT2D eigenvalue weighted by molar-refractivity contribution is 0.155. The van der Waals surface area contributed by atoms with Crippen LogP contribution in [-0.2, 0) is 11.3 Å². The highest BCUT2D eigenvalue weighted by atomic mass is 35.5. The smallest absolute Gasteiger partial charge is 0.413 e. The highest BCUT2D eigenvalue weighted by Crippen LogP contribution is 2.27. The van der Waals surface area contributed by atoms with Crippen LogP contribution in [0.1, 0.15) is 5.56 Å². The molecule has 8 heteroatoms.